The molecule has 2 atom stereocenters. The first-order chi connectivity index (χ1) is 21.0. The molecule has 0 spiro atoms. The summed E-state index contributed by atoms with van der Waals surface area (Å²) in [5, 5.41) is 5.68. The molecule has 44 heavy (non-hydrogen) atoms. The van der Waals surface area contributed by atoms with Crippen molar-refractivity contribution in [2.45, 2.75) is 96.4 Å². The average Bonchev–Trinajstić information content (AvgIpc) is 2.97. The first kappa shape index (κ1) is 40.9. The molecule has 14 heteroatoms. The number of unbranched alkanes of at least 4 members (excludes halogenated alkanes) is 3. The summed E-state index contributed by atoms with van der Waals surface area (Å²) in [5.41, 5.74) is 21.9. The van der Waals surface area contributed by atoms with Crippen LogP contribution in [-0.4, -0.2) is 104 Å². The van der Waals surface area contributed by atoms with E-state index in [1.165, 1.54) is 4.90 Å². The van der Waals surface area contributed by atoms with Gasteiger partial charge in [0.2, 0.25) is 29.5 Å². The molecule has 5 amide bonds. The van der Waals surface area contributed by atoms with Crippen LogP contribution in [0.4, 0.5) is 0 Å². The van der Waals surface area contributed by atoms with Crippen LogP contribution in [0, 0.1) is 5.92 Å². The Balaban J connectivity index is 4.79. The van der Waals surface area contributed by atoms with E-state index in [-0.39, 0.29) is 100 Å². The monoisotopic (exact) mass is 626 g/mol. The molecule has 0 radical (unpaired) electrons. The molecule has 0 rings (SSSR count). The largest absolute Gasteiger partial charge is 0.369 e. The van der Waals surface area contributed by atoms with Gasteiger partial charge >= 0.3 is 0 Å². The predicted molar refractivity (Wildman–Crippen MR) is 170 cm³/mol. The van der Waals surface area contributed by atoms with Gasteiger partial charge in [-0.25, -0.2) is 0 Å². The second-order valence-electron chi connectivity index (χ2n) is 11.1. The first-order valence-corrected chi connectivity index (χ1v) is 16.0. The number of likely N-dealkylation sites (N-methyl/N-ethyl adjacent to an activating group) is 1. The predicted octanol–water partition coefficient (Wildman–Crippen LogP) is -0.488. The van der Waals surface area contributed by atoms with Gasteiger partial charge in [0.25, 0.3) is 0 Å². The average molecular weight is 627 g/mol. The van der Waals surface area contributed by atoms with E-state index in [0.29, 0.717) is 45.1 Å². The van der Waals surface area contributed by atoms with Crippen molar-refractivity contribution in [3.05, 3.63) is 0 Å². The molecule has 0 saturated heterocycles. The number of rotatable bonds is 28. The van der Waals surface area contributed by atoms with E-state index in [1.54, 1.807) is 11.9 Å². The van der Waals surface area contributed by atoms with Crippen molar-refractivity contribution < 1.29 is 28.8 Å². The smallest absolute Gasteiger partial charge is 0.234 e. The topological polar surface area (TPSA) is 237 Å². The Morgan fingerprint density at radius 1 is 0.659 bits per heavy atom. The molecule has 0 fully saturated rings. The fourth-order valence-electron chi connectivity index (χ4n) is 4.80. The van der Waals surface area contributed by atoms with E-state index >= 15 is 0 Å². The molecule has 0 aliphatic rings. The summed E-state index contributed by atoms with van der Waals surface area (Å²) in [6.45, 7) is 3.50. The first-order valence-electron chi connectivity index (χ1n) is 16.0. The fourth-order valence-corrected chi connectivity index (χ4v) is 4.80. The van der Waals surface area contributed by atoms with Gasteiger partial charge in [0.05, 0.1) is 6.04 Å². The van der Waals surface area contributed by atoms with Crippen molar-refractivity contribution in [3.63, 3.8) is 0 Å². The Labute approximate surface area is 262 Å². The third-order valence-corrected chi connectivity index (χ3v) is 7.67. The molecule has 14 nitrogen and oxygen atoms in total. The van der Waals surface area contributed by atoms with Crippen LogP contribution >= 0.6 is 0 Å². The molecular formula is C30H58N8O6. The Morgan fingerprint density at radius 3 is 1.73 bits per heavy atom. The minimum absolute atomic E-state index is 0.0429. The van der Waals surface area contributed by atoms with Gasteiger partial charge in [-0.3, -0.25) is 28.8 Å². The highest BCUT2D eigenvalue weighted by Gasteiger charge is 2.20. The maximum absolute atomic E-state index is 12.7. The molecule has 0 heterocycles. The van der Waals surface area contributed by atoms with Crippen LogP contribution in [0.2, 0.25) is 0 Å². The highest BCUT2D eigenvalue weighted by atomic mass is 16.2. The third-order valence-electron chi connectivity index (χ3n) is 7.67. The van der Waals surface area contributed by atoms with Crippen LogP contribution in [0.1, 0.15) is 90.4 Å². The fraction of sp³-hybridized carbons (Fsp3) is 0.800. The summed E-state index contributed by atoms with van der Waals surface area (Å²) in [5.74, 6) is -1.41. The van der Waals surface area contributed by atoms with Gasteiger partial charge in [-0.15, -0.1) is 0 Å². The lowest BCUT2D eigenvalue weighted by atomic mass is 9.97. The molecule has 0 bridgehead atoms. The van der Waals surface area contributed by atoms with Gasteiger partial charge in [-0.05, 0) is 45.6 Å². The number of amides is 5. The number of carbonyl (C=O) groups is 6. The van der Waals surface area contributed by atoms with E-state index < -0.39 is 11.9 Å². The normalized spacial score (nSPS) is 12.3. The molecule has 0 saturated carbocycles. The zero-order valence-electron chi connectivity index (χ0n) is 27.0. The van der Waals surface area contributed by atoms with E-state index in [0.717, 1.165) is 19.3 Å². The van der Waals surface area contributed by atoms with E-state index in [9.17, 15) is 28.8 Å². The van der Waals surface area contributed by atoms with Gasteiger partial charge in [-0.2, -0.15) is 0 Å². The van der Waals surface area contributed by atoms with Crippen molar-refractivity contribution in [1.29, 1.82) is 0 Å². The molecule has 10 N–H and O–H groups in total. The minimum atomic E-state index is -0.413. The third kappa shape index (κ3) is 19.2. The zero-order valence-corrected chi connectivity index (χ0v) is 27.0. The van der Waals surface area contributed by atoms with Crippen LogP contribution in [0.3, 0.4) is 0 Å². The van der Waals surface area contributed by atoms with Gasteiger partial charge in [0.15, 0.2) is 0 Å². The van der Waals surface area contributed by atoms with Gasteiger partial charge in [0.1, 0.15) is 5.78 Å². The molecule has 0 aromatic heterocycles. The lowest BCUT2D eigenvalue weighted by Crippen LogP contribution is -2.43. The van der Waals surface area contributed by atoms with Crippen molar-refractivity contribution in [3.8, 4) is 0 Å². The molecular weight excluding hydrogens is 568 g/mol. The number of nitrogens with one attached hydrogen (secondary N) is 2. The minimum Gasteiger partial charge on any atom is -0.369 e. The molecule has 0 unspecified atom stereocenters. The van der Waals surface area contributed by atoms with Crippen LogP contribution in [0.5, 0.6) is 0 Å². The second-order valence-corrected chi connectivity index (χ2v) is 11.1. The maximum Gasteiger partial charge on any atom is 0.234 e. The zero-order chi connectivity index (χ0) is 33.3. The number of nitrogens with two attached hydrogens (primary N) is 4. The quantitative estimate of drug-likeness (QED) is 0.0614. The van der Waals surface area contributed by atoms with Crippen LogP contribution in [-0.2, 0) is 28.8 Å². The number of primary amides is 2. The van der Waals surface area contributed by atoms with Crippen LogP contribution in [0.15, 0.2) is 0 Å². The molecule has 0 aliphatic carbocycles. The number of hydrogen-bond acceptors (Lipinski definition) is 9. The van der Waals surface area contributed by atoms with Crippen molar-refractivity contribution in [1.82, 2.24) is 20.4 Å². The number of nitrogens with zero attached hydrogens (tertiary/aromatic N) is 2. The van der Waals surface area contributed by atoms with Crippen molar-refractivity contribution >= 4 is 35.3 Å². The van der Waals surface area contributed by atoms with Gasteiger partial charge < -0.3 is 43.4 Å². The van der Waals surface area contributed by atoms with Gasteiger partial charge in [0, 0.05) is 83.8 Å². The standard InChI is InChI=1S/C30H58N8O6/c1-3-23(29(33)43)9-5-4-6-10-24(39)14-19-37(27(41)12-16-31)21-22-38(28(42)13-17-32)20-15-26(40)36-18-8-7-11-25(35-2)30(34)44/h23,25,35H,3-22,31-32H2,1-2H3,(H2,33,43)(H2,34,44)(H,36,40)/t23-,25-/m0/s1. The molecule has 254 valence electrons. The Morgan fingerprint density at radius 2 is 1.23 bits per heavy atom. The number of ketones is 1. The number of carbonyl (C=O) groups excluding carboxylic acids is 6. The summed E-state index contributed by atoms with van der Waals surface area (Å²) < 4.78 is 0. The summed E-state index contributed by atoms with van der Waals surface area (Å²) in [4.78, 5) is 76.1. The molecule has 0 aromatic carbocycles. The highest BCUT2D eigenvalue weighted by molar-refractivity contribution is 5.81. The Bertz CT molecular complexity index is 818. The van der Waals surface area contributed by atoms with E-state index in [1.807, 2.05) is 6.92 Å². The summed E-state index contributed by atoms with van der Waals surface area (Å²) in [6, 6.07) is -0.401. The maximum atomic E-state index is 12.7. The number of hydrogen-bond donors (Lipinski definition) is 6. The van der Waals surface area contributed by atoms with Crippen LogP contribution in [0.25, 0.3) is 0 Å². The van der Waals surface area contributed by atoms with E-state index in [4.69, 9.17) is 22.9 Å². The summed E-state index contributed by atoms with van der Waals surface area (Å²) in [6.07, 6.45) is 6.67. The van der Waals surface area contributed by atoms with Gasteiger partial charge in [-0.1, -0.05) is 19.8 Å². The SMILES string of the molecule is CC[C@@H](CCCCCC(=O)CCN(CCN(CCC(=O)NCCCC[C@H](NC)C(N)=O)C(=O)CCN)C(=O)CCN)C(N)=O. The van der Waals surface area contributed by atoms with Crippen molar-refractivity contribution in [2.24, 2.45) is 28.9 Å². The summed E-state index contributed by atoms with van der Waals surface area (Å²) >= 11 is 0. The van der Waals surface area contributed by atoms with E-state index in [2.05, 4.69) is 10.6 Å². The summed E-state index contributed by atoms with van der Waals surface area (Å²) in [7, 11) is 1.67. The number of Topliss-reactive ketones (excluding diaryl/α,β-unsaturated/α-hetero) is 1. The van der Waals surface area contributed by atoms with Crippen molar-refractivity contribution in [2.75, 3.05) is 52.9 Å². The van der Waals surface area contributed by atoms with Crippen LogP contribution < -0.4 is 33.6 Å². The Kier molecular flexibility index (Phi) is 23.5. The lowest BCUT2D eigenvalue weighted by molar-refractivity contribution is -0.136. The lowest BCUT2D eigenvalue weighted by Gasteiger charge is -2.28. The second kappa shape index (κ2) is 25.2. The highest BCUT2D eigenvalue weighted by Crippen LogP contribution is 2.14. The molecule has 0 aromatic rings. The Hall–Kier alpha value is -3.10. The molecule has 0 aliphatic heterocycles.